The highest BCUT2D eigenvalue weighted by atomic mass is 35.5. The molecule has 0 fully saturated rings. The van der Waals surface area contributed by atoms with Crippen molar-refractivity contribution in [1.82, 2.24) is 4.98 Å². The fourth-order valence-corrected chi connectivity index (χ4v) is 1.34. The first-order valence-electron chi connectivity index (χ1n) is 4.49. The van der Waals surface area contributed by atoms with E-state index >= 15 is 0 Å². The smallest absolute Gasteiger partial charge is 0.365 e. The van der Waals surface area contributed by atoms with Gasteiger partial charge in [0.05, 0.1) is 13.0 Å². The molecule has 1 heterocycles. The molecule has 0 N–H and O–H groups in total. The van der Waals surface area contributed by atoms with Crippen molar-refractivity contribution in [2.75, 3.05) is 6.61 Å². The molecule has 86 valence electrons. The van der Waals surface area contributed by atoms with E-state index < -0.39 is 10.9 Å². The van der Waals surface area contributed by atoms with Gasteiger partial charge >= 0.3 is 11.8 Å². The van der Waals surface area contributed by atoms with Crippen molar-refractivity contribution in [3.05, 3.63) is 33.0 Å². The maximum absolute atomic E-state index is 11.1. The predicted molar refractivity (Wildman–Crippen MR) is 56.2 cm³/mol. The number of hydrogen-bond acceptors (Lipinski definition) is 5. The van der Waals surface area contributed by atoms with E-state index in [0.717, 1.165) is 0 Å². The molecule has 0 aliphatic rings. The number of pyridine rings is 1. The molecule has 0 aliphatic heterocycles. The number of nitrogens with zero attached hydrogens (tertiary/aromatic N) is 2. The second-order valence-corrected chi connectivity index (χ2v) is 3.28. The van der Waals surface area contributed by atoms with Gasteiger partial charge in [-0.1, -0.05) is 0 Å². The standard InChI is InChI=1S/C9H9ClN2O4/c1-2-16-9(13)5-6-3-7(10)11-8(4-6)12(14)15/h3-4H,2,5H2,1H3. The van der Waals surface area contributed by atoms with Crippen LogP contribution in [0.1, 0.15) is 12.5 Å². The third-order valence-electron chi connectivity index (χ3n) is 1.68. The predicted octanol–water partition coefficient (Wildman–Crippen LogP) is 1.75. The summed E-state index contributed by atoms with van der Waals surface area (Å²) in [5.41, 5.74) is 0.408. The van der Waals surface area contributed by atoms with Crippen LogP contribution in [0.3, 0.4) is 0 Å². The van der Waals surface area contributed by atoms with Crippen LogP contribution in [0.5, 0.6) is 0 Å². The SMILES string of the molecule is CCOC(=O)Cc1cc(Cl)nc([N+](=O)[O-])c1. The highest BCUT2D eigenvalue weighted by Crippen LogP contribution is 2.16. The number of ether oxygens (including phenoxy) is 1. The maximum Gasteiger partial charge on any atom is 0.365 e. The fraction of sp³-hybridized carbons (Fsp3) is 0.333. The maximum atomic E-state index is 11.1. The number of rotatable bonds is 4. The van der Waals surface area contributed by atoms with E-state index in [1.807, 2.05) is 0 Å². The molecule has 0 bridgehead atoms. The van der Waals surface area contributed by atoms with Crippen molar-refractivity contribution >= 4 is 23.4 Å². The van der Waals surface area contributed by atoms with Crippen molar-refractivity contribution in [1.29, 1.82) is 0 Å². The zero-order chi connectivity index (χ0) is 12.1. The minimum absolute atomic E-state index is 0.0199. The second-order valence-electron chi connectivity index (χ2n) is 2.90. The third-order valence-corrected chi connectivity index (χ3v) is 1.87. The number of hydrogen-bond donors (Lipinski definition) is 0. The Balaban J connectivity index is 2.88. The van der Waals surface area contributed by atoms with Crippen LogP contribution >= 0.6 is 11.6 Å². The van der Waals surface area contributed by atoms with Gasteiger partial charge in [0.25, 0.3) is 0 Å². The molecule has 6 nitrogen and oxygen atoms in total. The van der Waals surface area contributed by atoms with Crippen LogP contribution in [0.25, 0.3) is 0 Å². The van der Waals surface area contributed by atoms with Gasteiger partial charge in [0.2, 0.25) is 5.15 Å². The first kappa shape index (κ1) is 12.4. The summed E-state index contributed by atoms with van der Waals surface area (Å²) >= 11 is 5.59. The Bertz CT molecular complexity index is 422. The van der Waals surface area contributed by atoms with Crippen molar-refractivity contribution in [3.63, 3.8) is 0 Å². The summed E-state index contributed by atoms with van der Waals surface area (Å²) in [4.78, 5) is 24.5. The van der Waals surface area contributed by atoms with Crippen LogP contribution in [0.15, 0.2) is 12.1 Å². The van der Waals surface area contributed by atoms with E-state index in [1.54, 1.807) is 6.92 Å². The Morgan fingerprint density at radius 3 is 2.88 bits per heavy atom. The topological polar surface area (TPSA) is 82.3 Å². The lowest BCUT2D eigenvalue weighted by Crippen LogP contribution is -2.08. The fourth-order valence-electron chi connectivity index (χ4n) is 1.11. The first-order valence-corrected chi connectivity index (χ1v) is 4.87. The highest BCUT2D eigenvalue weighted by Gasteiger charge is 2.14. The Hall–Kier alpha value is -1.69. The summed E-state index contributed by atoms with van der Waals surface area (Å²) in [6.45, 7) is 1.94. The summed E-state index contributed by atoms with van der Waals surface area (Å²) in [7, 11) is 0. The molecule has 16 heavy (non-hydrogen) atoms. The van der Waals surface area contributed by atoms with Gasteiger partial charge in [-0.05, 0) is 34.0 Å². The monoisotopic (exact) mass is 244 g/mol. The Morgan fingerprint density at radius 1 is 1.62 bits per heavy atom. The lowest BCUT2D eigenvalue weighted by molar-refractivity contribution is -0.389. The molecule has 0 amide bonds. The lowest BCUT2D eigenvalue weighted by Gasteiger charge is -2.01. The molecule has 0 radical (unpaired) electrons. The zero-order valence-corrected chi connectivity index (χ0v) is 9.23. The lowest BCUT2D eigenvalue weighted by atomic mass is 10.2. The van der Waals surface area contributed by atoms with E-state index in [-0.39, 0.29) is 24.0 Å². The molecule has 0 spiro atoms. The molecule has 1 rings (SSSR count). The molecule has 0 aliphatic carbocycles. The van der Waals surface area contributed by atoms with Crippen LogP contribution in [-0.2, 0) is 16.0 Å². The summed E-state index contributed by atoms with van der Waals surface area (Å²) < 4.78 is 4.71. The number of esters is 1. The second kappa shape index (κ2) is 5.41. The quantitative estimate of drug-likeness (QED) is 0.349. The van der Waals surface area contributed by atoms with Crippen molar-refractivity contribution < 1.29 is 14.5 Å². The van der Waals surface area contributed by atoms with E-state index in [2.05, 4.69) is 4.98 Å². The molecule has 0 saturated heterocycles. The average molecular weight is 245 g/mol. The van der Waals surface area contributed by atoms with Gasteiger partial charge in [-0.3, -0.25) is 4.79 Å². The Morgan fingerprint density at radius 2 is 2.31 bits per heavy atom. The van der Waals surface area contributed by atoms with Crippen LogP contribution < -0.4 is 0 Å². The normalized spacial score (nSPS) is 9.88. The molecule has 1 aromatic rings. The average Bonchev–Trinajstić information content (AvgIpc) is 2.16. The molecule has 1 aromatic heterocycles. The van der Waals surface area contributed by atoms with E-state index in [0.29, 0.717) is 5.56 Å². The molecule has 0 atom stereocenters. The number of halogens is 1. The van der Waals surface area contributed by atoms with Gasteiger partial charge in [0.15, 0.2) is 0 Å². The van der Waals surface area contributed by atoms with Crippen LogP contribution in [0, 0.1) is 10.1 Å². The summed E-state index contributed by atoms with van der Waals surface area (Å²) in [5, 5.41) is 10.5. The van der Waals surface area contributed by atoms with E-state index in [1.165, 1.54) is 12.1 Å². The van der Waals surface area contributed by atoms with E-state index in [9.17, 15) is 14.9 Å². The number of carbonyl (C=O) groups is 1. The van der Waals surface area contributed by atoms with Crippen LogP contribution in [0.2, 0.25) is 5.15 Å². The van der Waals surface area contributed by atoms with E-state index in [4.69, 9.17) is 16.3 Å². The van der Waals surface area contributed by atoms with Gasteiger partial charge < -0.3 is 14.9 Å². The molecule has 0 unspecified atom stereocenters. The molecule has 7 heteroatoms. The summed E-state index contributed by atoms with van der Waals surface area (Å²) in [6.07, 6.45) is -0.0586. The Kier molecular flexibility index (Phi) is 4.19. The van der Waals surface area contributed by atoms with Crippen molar-refractivity contribution in [2.45, 2.75) is 13.3 Å². The van der Waals surface area contributed by atoms with Crippen LogP contribution in [-0.4, -0.2) is 22.5 Å². The van der Waals surface area contributed by atoms with Crippen molar-refractivity contribution in [3.8, 4) is 0 Å². The van der Waals surface area contributed by atoms with Gasteiger partial charge in [0.1, 0.15) is 0 Å². The number of aromatic nitrogens is 1. The van der Waals surface area contributed by atoms with Crippen molar-refractivity contribution in [2.24, 2.45) is 0 Å². The van der Waals surface area contributed by atoms with Crippen LogP contribution in [0.4, 0.5) is 5.82 Å². The minimum atomic E-state index is -0.666. The van der Waals surface area contributed by atoms with Gasteiger partial charge in [-0.15, -0.1) is 0 Å². The van der Waals surface area contributed by atoms with Gasteiger partial charge in [-0.25, -0.2) is 0 Å². The zero-order valence-electron chi connectivity index (χ0n) is 8.47. The summed E-state index contributed by atoms with van der Waals surface area (Å²) in [5.74, 6) is -0.842. The largest absolute Gasteiger partial charge is 0.466 e. The Labute approximate surface area is 96.3 Å². The molecule has 0 aromatic carbocycles. The molecule has 0 saturated carbocycles. The molecular formula is C9H9ClN2O4. The number of nitro groups is 1. The third kappa shape index (κ3) is 3.47. The van der Waals surface area contributed by atoms with Gasteiger partial charge in [0, 0.05) is 12.1 Å². The highest BCUT2D eigenvalue weighted by molar-refractivity contribution is 6.29. The first-order chi connectivity index (χ1) is 7.52. The minimum Gasteiger partial charge on any atom is -0.466 e. The molecular weight excluding hydrogens is 236 g/mol. The van der Waals surface area contributed by atoms with Gasteiger partial charge in [-0.2, -0.15) is 0 Å². The summed E-state index contributed by atoms with van der Waals surface area (Å²) in [6, 6.07) is 2.59. The number of carbonyl (C=O) groups excluding carboxylic acids is 1.